The Bertz CT molecular complexity index is 1380. The summed E-state index contributed by atoms with van der Waals surface area (Å²) < 4.78 is 8.36. The highest BCUT2D eigenvalue weighted by atomic mass is 32.2. The molecule has 0 spiro atoms. The van der Waals surface area contributed by atoms with Crippen LogP contribution in [0.3, 0.4) is 0 Å². The minimum absolute atomic E-state index is 0.0643. The number of likely N-dealkylation sites (N-methyl/N-ethyl adjacent to an activating group) is 1. The maximum atomic E-state index is 12.8. The van der Waals surface area contributed by atoms with E-state index in [1.807, 2.05) is 109 Å². The molecule has 35 heavy (non-hydrogen) atoms. The first kappa shape index (κ1) is 23.1. The predicted molar refractivity (Wildman–Crippen MR) is 145 cm³/mol. The molecule has 0 aliphatic carbocycles. The van der Waals surface area contributed by atoms with E-state index >= 15 is 0 Å². The average molecular weight is 498 g/mol. The molecule has 4 aromatic rings. The van der Waals surface area contributed by atoms with E-state index in [-0.39, 0.29) is 5.91 Å². The molecule has 0 radical (unpaired) electrons. The highest BCUT2D eigenvalue weighted by molar-refractivity contribution is 8.26. The Morgan fingerprint density at radius 3 is 2.31 bits per heavy atom. The van der Waals surface area contributed by atoms with E-state index < -0.39 is 0 Å². The molecule has 1 amide bonds. The van der Waals surface area contributed by atoms with Crippen molar-refractivity contribution in [3.63, 3.8) is 0 Å². The van der Waals surface area contributed by atoms with Crippen molar-refractivity contribution < 1.29 is 9.53 Å². The molecule has 0 bridgehead atoms. The number of para-hydroxylation sites is 1. The van der Waals surface area contributed by atoms with Crippen molar-refractivity contribution in [1.82, 2.24) is 14.7 Å². The van der Waals surface area contributed by atoms with Gasteiger partial charge in [0.05, 0.1) is 16.3 Å². The molecular weight excluding hydrogens is 474 g/mol. The van der Waals surface area contributed by atoms with Gasteiger partial charge < -0.3 is 4.74 Å². The number of nitrogens with zero attached hydrogens (tertiary/aromatic N) is 3. The number of hydrogen-bond acceptors (Lipinski definition) is 5. The number of ether oxygens (including phenoxy) is 1. The number of rotatable bonds is 7. The van der Waals surface area contributed by atoms with Gasteiger partial charge in [0.2, 0.25) is 0 Å². The molecule has 1 saturated heterocycles. The third kappa shape index (κ3) is 5.06. The Kier molecular flexibility index (Phi) is 6.79. The van der Waals surface area contributed by atoms with E-state index in [9.17, 15) is 4.79 Å². The quantitative estimate of drug-likeness (QED) is 0.220. The minimum Gasteiger partial charge on any atom is -0.489 e. The fourth-order valence-electron chi connectivity index (χ4n) is 3.79. The van der Waals surface area contributed by atoms with Crippen LogP contribution in [-0.2, 0) is 11.4 Å². The van der Waals surface area contributed by atoms with E-state index in [2.05, 4.69) is 0 Å². The van der Waals surface area contributed by atoms with Gasteiger partial charge in [-0.15, -0.1) is 0 Å². The van der Waals surface area contributed by atoms with E-state index in [0.717, 1.165) is 33.8 Å². The number of carbonyl (C=O) groups is 1. The van der Waals surface area contributed by atoms with Gasteiger partial charge in [-0.05, 0) is 55.0 Å². The van der Waals surface area contributed by atoms with Gasteiger partial charge in [-0.1, -0.05) is 72.5 Å². The zero-order chi connectivity index (χ0) is 24.2. The third-order valence-corrected chi connectivity index (χ3v) is 6.99. The van der Waals surface area contributed by atoms with Crippen molar-refractivity contribution in [3.05, 3.63) is 107 Å². The molecule has 0 saturated carbocycles. The summed E-state index contributed by atoms with van der Waals surface area (Å²) in [6.45, 7) is 2.99. The second kappa shape index (κ2) is 10.3. The smallest absolute Gasteiger partial charge is 0.266 e. The van der Waals surface area contributed by atoms with Gasteiger partial charge in [-0.25, -0.2) is 4.68 Å². The summed E-state index contributed by atoms with van der Waals surface area (Å²) in [6.07, 6.45) is 3.83. The molecule has 2 heterocycles. The Morgan fingerprint density at radius 2 is 1.66 bits per heavy atom. The summed E-state index contributed by atoms with van der Waals surface area (Å²) in [5.74, 6) is 0.719. The van der Waals surface area contributed by atoms with E-state index in [4.69, 9.17) is 22.1 Å². The number of thiocarbonyl (C=S) groups is 1. The molecule has 0 unspecified atom stereocenters. The van der Waals surface area contributed by atoms with Gasteiger partial charge in [0.25, 0.3) is 5.91 Å². The number of hydrogen-bond donors (Lipinski definition) is 0. The van der Waals surface area contributed by atoms with Gasteiger partial charge in [0, 0.05) is 23.9 Å². The van der Waals surface area contributed by atoms with Crippen molar-refractivity contribution in [2.75, 3.05) is 6.54 Å². The second-order valence-corrected chi connectivity index (χ2v) is 9.61. The van der Waals surface area contributed by atoms with Crippen LogP contribution in [0.4, 0.5) is 0 Å². The molecule has 7 heteroatoms. The fourth-order valence-corrected chi connectivity index (χ4v) is 5.17. The molecule has 1 aliphatic rings. The summed E-state index contributed by atoms with van der Waals surface area (Å²) in [7, 11) is 0. The topological polar surface area (TPSA) is 47.4 Å². The summed E-state index contributed by atoms with van der Waals surface area (Å²) >= 11 is 6.71. The minimum atomic E-state index is -0.0643. The maximum absolute atomic E-state index is 12.8. The molecule has 3 aromatic carbocycles. The van der Waals surface area contributed by atoms with Crippen LogP contribution < -0.4 is 4.74 Å². The molecule has 1 aliphatic heterocycles. The summed E-state index contributed by atoms with van der Waals surface area (Å²) in [4.78, 5) is 15.0. The highest BCUT2D eigenvalue weighted by Crippen LogP contribution is 2.35. The molecule has 5 nitrogen and oxygen atoms in total. The summed E-state index contributed by atoms with van der Waals surface area (Å²) in [5.41, 5.74) is 4.62. The van der Waals surface area contributed by atoms with E-state index in [1.54, 1.807) is 4.90 Å². The van der Waals surface area contributed by atoms with E-state index in [0.29, 0.717) is 22.4 Å². The fraction of sp³-hybridized carbons (Fsp3) is 0.107. The highest BCUT2D eigenvalue weighted by Gasteiger charge is 2.31. The molecular formula is C28H23N3O2S2. The van der Waals surface area contributed by atoms with Crippen LogP contribution in [0.2, 0.25) is 0 Å². The Balaban J connectivity index is 1.47. The standard InChI is InChI=1S/C28H23N3O2S2/c1-2-30-27(32)25(35-28(30)34)17-22-18-31(23-11-7-4-8-12-23)29-26(22)21-13-15-24(16-14-21)33-19-20-9-5-3-6-10-20/h3-18H,2,19H2,1H3. The lowest BCUT2D eigenvalue weighted by atomic mass is 10.1. The van der Waals surface area contributed by atoms with Crippen molar-refractivity contribution in [1.29, 1.82) is 0 Å². The first-order chi connectivity index (χ1) is 17.1. The van der Waals surface area contributed by atoms with Crippen molar-refractivity contribution in [2.24, 2.45) is 0 Å². The Hall–Kier alpha value is -3.68. The van der Waals surface area contributed by atoms with Crippen LogP contribution in [0, 0.1) is 0 Å². The van der Waals surface area contributed by atoms with Crippen LogP contribution in [0.25, 0.3) is 23.0 Å². The zero-order valence-electron chi connectivity index (χ0n) is 19.1. The number of carbonyl (C=O) groups excluding carboxylic acids is 1. The third-order valence-electron chi connectivity index (χ3n) is 5.62. The molecule has 5 rings (SSSR count). The summed E-state index contributed by atoms with van der Waals surface area (Å²) in [5, 5.41) is 4.86. The van der Waals surface area contributed by atoms with Gasteiger partial charge in [0.15, 0.2) is 0 Å². The molecule has 0 atom stereocenters. The molecule has 1 aromatic heterocycles. The SMILES string of the molecule is CCN1C(=O)C(=Cc2cn(-c3ccccc3)nc2-c2ccc(OCc3ccccc3)cc2)SC1=S. The monoisotopic (exact) mass is 497 g/mol. The number of amides is 1. The van der Waals surface area contributed by atoms with Crippen molar-refractivity contribution >= 4 is 40.3 Å². The lowest BCUT2D eigenvalue weighted by Crippen LogP contribution is -2.27. The average Bonchev–Trinajstić information content (AvgIpc) is 3.44. The predicted octanol–water partition coefficient (Wildman–Crippen LogP) is 6.34. The molecule has 174 valence electrons. The molecule has 0 N–H and O–H groups in total. The first-order valence-corrected chi connectivity index (χ1v) is 12.5. The van der Waals surface area contributed by atoms with Gasteiger partial charge >= 0.3 is 0 Å². The van der Waals surface area contributed by atoms with Gasteiger partial charge in [0.1, 0.15) is 16.7 Å². The van der Waals surface area contributed by atoms with E-state index in [1.165, 1.54) is 11.8 Å². The number of benzene rings is 3. The number of thioether (sulfide) groups is 1. The van der Waals surface area contributed by atoms with Crippen molar-refractivity contribution in [3.8, 4) is 22.7 Å². The van der Waals surface area contributed by atoms with Gasteiger partial charge in [-0.2, -0.15) is 5.10 Å². The Morgan fingerprint density at radius 1 is 0.971 bits per heavy atom. The van der Waals surface area contributed by atoms with Crippen LogP contribution in [-0.4, -0.2) is 31.5 Å². The number of aromatic nitrogens is 2. The van der Waals surface area contributed by atoms with Crippen LogP contribution in [0.1, 0.15) is 18.1 Å². The maximum Gasteiger partial charge on any atom is 0.266 e. The van der Waals surface area contributed by atoms with Crippen LogP contribution in [0.15, 0.2) is 96.0 Å². The lowest BCUT2D eigenvalue weighted by Gasteiger charge is -2.09. The zero-order valence-corrected chi connectivity index (χ0v) is 20.8. The first-order valence-electron chi connectivity index (χ1n) is 11.3. The Labute approximate surface area is 214 Å². The molecule has 1 fully saturated rings. The van der Waals surface area contributed by atoms with Crippen LogP contribution >= 0.6 is 24.0 Å². The van der Waals surface area contributed by atoms with Crippen LogP contribution in [0.5, 0.6) is 5.75 Å². The van der Waals surface area contributed by atoms with Crippen molar-refractivity contribution in [2.45, 2.75) is 13.5 Å². The normalized spacial score (nSPS) is 14.7. The lowest BCUT2D eigenvalue weighted by molar-refractivity contribution is -0.121. The van der Waals surface area contributed by atoms with Gasteiger partial charge in [-0.3, -0.25) is 9.69 Å². The summed E-state index contributed by atoms with van der Waals surface area (Å²) in [6, 6.07) is 27.9. The second-order valence-electron chi connectivity index (χ2n) is 7.94. The largest absolute Gasteiger partial charge is 0.489 e.